The molecule has 6 nitrogen and oxygen atoms in total. The number of nitrogens with one attached hydrogen (secondary N) is 3. The summed E-state index contributed by atoms with van der Waals surface area (Å²) in [4.78, 5) is 25.1. The summed E-state index contributed by atoms with van der Waals surface area (Å²) < 4.78 is 4.82. The first-order valence-corrected chi connectivity index (χ1v) is 12.1. The minimum Gasteiger partial charge on any atom is -0.465 e. The zero-order valence-electron chi connectivity index (χ0n) is 20.5. The van der Waals surface area contributed by atoms with Crippen molar-refractivity contribution in [2.24, 2.45) is 0 Å². The van der Waals surface area contributed by atoms with Crippen molar-refractivity contribution in [3.05, 3.63) is 131 Å². The third-order valence-electron chi connectivity index (χ3n) is 6.22. The van der Waals surface area contributed by atoms with Crippen LogP contribution in [0.5, 0.6) is 0 Å². The molecule has 1 heterocycles. The first-order chi connectivity index (χ1) is 18.1. The number of benzene rings is 4. The van der Waals surface area contributed by atoms with Gasteiger partial charge in [0.2, 0.25) is 0 Å². The predicted octanol–water partition coefficient (Wildman–Crippen LogP) is 5.70. The van der Waals surface area contributed by atoms with Crippen LogP contribution < -0.4 is 16.0 Å². The number of methoxy groups -OCH3 is 1. The molecular formula is C31H27N3O3. The Balaban J connectivity index is 1.41. The molecule has 0 spiro atoms. The van der Waals surface area contributed by atoms with Crippen molar-refractivity contribution in [2.75, 3.05) is 17.7 Å². The molecule has 3 N–H and O–H groups in total. The number of hydrogen-bond acceptors (Lipinski definition) is 5. The molecule has 184 valence electrons. The third-order valence-corrected chi connectivity index (χ3v) is 6.22. The van der Waals surface area contributed by atoms with E-state index < -0.39 is 5.97 Å². The van der Waals surface area contributed by atoms with E-state index >= 15 is 0 Å². The highest BCUT2D eigenvalue weighted by molar-refractivity contribution is 6.37. The van der Waals surface area contributed by atoms with E-state index in [1.807, 2.05) is 60.7 Å². The van der Waals surface area contributed by atoms with Crippen LogP contribution in [0, 0.1) is 0 Å². The van der Waals surface area contributed by atoms with Gasteiger partial charge in [-0.1, -0.05) is 78.9 Å². The number of rotatable bonds is 8. The summed E-state index contributed by atoms with van der Waals surface area (Å²) in [5, 5.41) is 9.84. The molecule has 1 amide bonds. The van der Waals surface area contributed by atoms with Gasteiger partial charge < -0.3 is 20.7 Å². The van der Waals surface area contributed by atoms with Crippen LogP contribution in [0.2, 0.25) is 0 Å². The van der Waals surface area contributed by atoms with Crippen molar-refractivity contribution in [3.8, 4) is 0 Å². The fraction of sp³-hybridized carbons (Fsp3) is 0.0968. The Hall–Kier alpha value is -4.68. The van der Waals surface area contributed by atoms with Crippen molar-refractivity contribution >= 4 is 34.5 Å². The van der Waals surface area contributed by atoms with Crippen LogP contribution in [0.25, 0.3) is 11.3 Å². The lowest BCUT2D eigenvalue weighted by atomic mass is 9.99. The Morgan fingerprint density at radius 1 is 0.784 bits per heavy atom. The van der Waals surface area contributed by atoms with Gasteiger partial charge in [0.15, 0.2) is 0 Å². The molecule has 0 unspecified atom stereocenters. The smallest absolute Gasteiger partial charge is 0.337 e. The first kappa shape index (κ1) is 24.0. The number of carbonyl (C=O) groups excluding carboxylic acids is 2. The number of carbonyl (C=O) groups is 2. The van der Waals surface area contributed by atoms with Crippen molar-refractivity contribution < 1.29 is 14.3 Å². The fourth-order valence-corrected chi connectivity index (χ4v) is 4.35. The lowest BCUT2D eigenvalue weighted by molar-refractivity contribution is -0.110. The molecule has 1 aliphatic rings. The van der Waals surface area contributed by atoms with E-state index in [0.29, 0.717) is 22.5 Å². The number of amides is 1. The Bertz CT molecular complexity index is 1450. The molecule has 0 aromatic heterocycles. The summed E-state index contributed by atoms with van der Waals surface area (Å²) in [5.41, 5.74) is 7.06. The lowest BCUT2D eigenvalue weighted by Crippen LogP contribution is -2.12. The average molecular weight is 490 g/mol. The molecule has 5 rings (SSSR count). The molecule has 0 bridgehead atoms. The standard InChI is InChI=1S/C31H27N3O3/c1-37-31(36)24-14-17-26-27(18-24)34-30(35)28(26)29(23-10-6-3-7-11-23)33-25-15-12-22(13-16-25)20-32-19-21-8-4-2-5-9-21/h2-18,32-33H,19-20H2,1H3,(H,34,35). The Morgan fingerprint density at radius 3 is 2.11 bits per heavy atom. The van der Waals surface area contributed by atoms with Crippen LogP contribution in [-0.4, -0.2) is 19.0 Å². The highest BCUT2D eigenvalue weighted by Crippen LogP contribution is 2.38. The van der Waals surface area contributed by atoms with Crippen LogP contribution >= 0.6 is 0 Å². The first-order valence-electron chi connectivity index (χ1n) is 12.1. The van der Waals surface area contributed by atoms with Crippen LogP contribution in [-0.2, 0) is 22.6 Å². The predicted molar refractivity (Wildman–Crippen MR) is 147 cm³/mol. The maximum Gasteiger partial charge on any atom is 0.337 e. The van der Waals surface area contributed by atoms with Gasteiger partial charge >= 0.3 is 5.97 Å². The van der Waals surface area contributed by atoms with Crippen LogP contribution in [0.1, 0.15) is 32.6 Å². The number of anilines is 2. The van der Waals surface area contributed by atoms with Gasteiger partial charge in [-0.15, -0.1) is 0 Å². The monoisotopic (exact) mass is 489 g/mol. The van der Waals surface area contributed by atoms with Crippen molar-refractivity contribution in [1.29, 1.82) is 0 Å². The van der Waals surface area contributed by atoms with Gasteiger partial charge in [-0.3, -0.25) is 4.79 Å². The molecule has 0 atom stereocenters. The molecule has 0 aliphatic carbocycles. The molecule has 0 saturated heterocycles. The molecule has 0 fully saturated rings. The second-order valence-electron chi connectivity index (χ2n) is 8.73. The second kappa shape index (κ2) is 10.9. The van der Waals surface area contributed by atoms with Gasteiger partial charge in [0.1, 0.15) is 0 Å². The molecule has 37 heavy (non-hydrogen) atoms. The topological polar surface area (TPSA) is 79.5 Å². The van der Waals surface area contributed by atoms with Crippen molar-refractivity contribution in [2.45, 2.75) is 13.1 Å². The summed E-state index contributed by atoms with van der Waals surface area (Å²) in [6.45, 7) is 1.55. The Labute approximate surface area is 216 Å². The summed E-state index contributed by atoms with van der Waals surface area (Å²) in [7, 11) is 1.33. The van der Waals surface area contributed by atoms with Gasteiger partial charge in [-0.2, -0.15) is 0 Å². The van der Waals surface area contributed by atoms with Crippen LogP contribution in [0.3, 0.4) is 0 Å². The average Bonchev–Trinajstić information content (AvgIpc) is 3.27. The number of esters is 1. The Morgan fingerprint density at radius 2 is 1.43 bits per heavy atom. The molecular weight excluding hydrogens is 462 g/mol. The van der Waals surface area contributed by atoms with E-state index in [1.54, 1.807) is 18.2 Å². The molecule has 1 aliphatic heterocycles. The number of fused-ring (bicyclic) bond motifs is 1. The minimum absolute atomic E-state index is 0.231. The second-order valence-corrected chi connectivity index (χ2v) is 8.73. The van der Waals surface area contributed by atoms with E-state index in [-0.39, 0.29) is 5.91 Å². The van der Waals surface area contributed by atoms with E-state index in [4.69, 9.17) is 4.74 Å². The lowest BCUT2D eigenvalue weighted by Gasteiger charge is -2.15. The van der Waals surface area contributed by atoms with E-state index in [9.17, 15) is 9.59 Å². The highest BCUT2D eigenvalue weighted by Gasteiger charge is 2.29. The van der Waals surface area contributed by atoms with Gasteiger partial charge in [0.25, 0.3) is 5.91 Å². The normalized spacial score (nSPS) is 13.5. The molecule has 6 heteroatoms. The van der Waals surface area contributed by atoms with Gasteiger partial charge in [-0.25, -0.2) is 4.79 Å². The largest absolute Gasteiger partial charge is 0.465 e. The summed E-state index contributed by atoms with van der Waals surface area (Å²) in [6.07, 6.45) is 0. The quantitative estimate of drug-likeness (QED) is 0.219. The highest BCUT2D eigenvalue weighted by atomic mass is 16.5. The van der Waals surface area contributed by atoms with E-state index in [0.717, 1.165) is 35.5 Å². The third kappa shape index (κ3) is 5.44. The molecule has 4 aromatic rings. The van der Waals surface area contributed by atoms with Crippen molar-refractivity contribution in [1.82, 2.24) is 5.32 Å². The molecule has 0 radical (unpaired) electrons. The minimum atomic E-state index is -0.450. The van der Waals surface area contributed by atoms with E-state index in [1.165, 1.54) is 12.7 Å². The van der Waals surface area contributed by atoms with Crippen LogP contribution in [0.4, 0.5) is 11.4 Å². The zero-order valence-corrected chi connectivity index (χ0v) is 20.5. The fourth-order valence-electron chi connectivity index (χ4n) is 4.35. The van der Waals surface area contributed by atoms with Gasteiger partial charge in [-0.05, 0) is 41.0 Å². The Kier molecular flexibility index (Phi) is 7.10. The molecule has 0 saturated carbocycles. The summed E-state index contributed by atoms with van der Waals surface area (Å²) >= 11 is 0. The van der Waals surface area contributed by atoms with Gasteiger partial charge in [0.05, 0.1) is 29.6 Å². The number of ether oxygens (including phenoxy) is 1. The van der Waals surface area contributed by atoms with Crippen LogP contribution in [0.15, 0.2) is 103 Å². The summed E-state index contributed by atoms with van der Waals surface area (Å²) in [6, 6.07) is 33.3. The van der Waals surface area contributed by atoms with E-state index in [2.05, 4.69) is 40.2 Å². The maximum atomic E-state index is 13.1. The van der Waals surface area contributed by atoms with Gasteiger partial charge in [0, 0.05) is 24.3 Å². The SMILES string of the molecule is COC(=O)c1ccc2c(c1)NC(=O)C2=C(Nc1ccc(CNCc2ccccc2)cc1)c1ccccc1. The summed E-state index contributed by atoms with van der Waals surface area (Å²) in [5.74, 6) is -0.681. The number of hydrogen-bond donors (Lipinski definition) is 3. The zero-order chi connectivity index (χ0) is 25.6. The molecule has 4 aromatic carbocycles. The van der Waals surface area contributed by atoms with Crippen molar-refractivity contribution in [3.63, 3.8) is 0 Å². The maximum absolute atomic E-state index is 13.1.